The summed E-state index contributed by atoms with van der Waals surface area (Å²) in [6.07, 6.45) is 4.92. The number of halogens is 4. The number of anilines is 1. The van der Waals surface area contributed by atoms with E-state index >= 15 is 0 Å². The fraction of sp³-hybridized carbons (Fsp3) is 0.333. The van der Waals surface area contributed by atoms with Gasteiger partial charge in [0.05, 0.1) is 30.7 Å². The molecule has 1 saturated carbocycles. The normalized spacial score (nSPS) is 14.7. The number of hydrogen-bond acceptors (Lipinski definition) is 4. The van der Waals surface area contributed by atoms with Crippen molar-refractivity contribution in [3.8, 4) is 0 Å². The maximum atomic E-state index is 14.1. The number of carbonyl (C=O) groups excluding carboxylic acids is 2. The standard InChI is InChI=1S/C30H31Cl4N3O4S/c1-20(30(39)35-22-9-4-2-5-10-22)36(18-21-15-16-24(31)26(33)17-21)28(38)19-37(27-14-8-13-25(32)29(27)34)42(40,41)23-11-6-3-7-12-23/h3,6-8,11-17,20,22H,2,4-5,9-10,18-19H2,1H3,(H,35,39). The van der Waals surface area contributed by atoms with Gasteiger partial charge in [0.15, 0.2) is 0 Å². The zero-order valence-electron chi connectivity index (χ0n) is 22.9. The van der Waals surface area contributed by atoms with E-state index in [1.54, 1.807) is 49.4 Å². The summed E-state index contributed by atoms with van der Waals surface area (Å²) in [5, 5.41) is 3.81. The molecule has 42 heavy (non-hydrogen) atoms. The highest BCUT2D eigenvalue weighted by atomic mass is 35.5. The molecule has 0 bridgehead atoms. The maximum absolute atomic E-state index is 14.1. The van der Waals surface area contributed by atoms with Gasteiger partial charge in [-0.25, -0.2) is 8.42 Å². The molecule has 1 fully saturated rings. The smallest absolute Gasteiger partial charge is 0.264 e. The second kappa shape index (κ2) is 14.3. The zero-order valence-corrected chi connectivity index (χ0v) is 26.7. The predicted octanol–water partition coefficient (Wildman–Crippen LogP) is 7.36. The van der Waals surface area contributed by atoms with E-state index in [9.17, 15) is 18.0 Å². The third kappa shape index (κ3) is 7.71. The number of nitrogens with zero attached hydrogens (tertiary/aromatic N) is 2. The number of hydrogen-bond donors (Lipinski definition) is 1. The van der Waals surface area contributed by atoms with E-state index in [-0.39, 0.29) is 39.1 Å². The van der Waals surface area contributed by atoms with Gasteiger partial charge in [-0.1, -0.05) is 96.0 Å². The van der Waals surface area contributed by atoms with Crippen LogP contribution in [0, 0.1) is 0 Å². The number of nitrogens with one attached hydrogen (secondary N) is 1. The summed E-state index contributed by atoms with van der Waals surface area (Å²) in [6.45, 7) is 0.965. The minimum Gasteiger partial charge on any atom is -0.352 e. The largest absolute Gasteiger partial charge is 0.352 e. The molecule has 3 aromatic carbocycles. The number of amides is 2. The first-order chi connectivity index (χ1) is 20.0. The predicted molar refractivity (Wildman–Crippen MR) is 169 cm³/mol. The van der Waals surface area contributed by atoms with Crippen LogP contribution < -0.4 is 9.62 Å². The van der Waals surface area contributed by atoms with E-state index < -0.39 is 28.5 Å². The minimum absolute atomic E-state index is 0.0164. The van der Waals surface area contributed by atoms with Crippen LogP contribution in [0.1, 0.15) is 44.6 Å². The van der Waals surface area contributed by atoms with Crippen LogP contribution in [-0.4, -0.2) is 43.8 Å². The van der Waals surface area contributed by atoms with Gasteiger partial charge in [-0.2, -0.15) is 0 Å². The molecule has 1 aliphatic rings. The SMILES string of the molecule is CC(C(=O)NC1CCCCC1)N(Cc1ccc(Cl)c(Cl)c1)C(=O)CN(c1cccc(Cl)c1Cl)S(=O)(=O)c1ccccc1. The van der Waals surface area contributed by atoms with Crippen LogP contribution in [0.15, 0.2) is 71.6 Å². The summed E-state index contributed by atoms with van der Waals surface area (Å²) in [4.78, 5) is 28.8. The highest BCUT2D eigenvalue weighted by Gasteiger charge is 2.34. The van der Waals surface area contributed by atoms with E-state index in [1.807, 2.05) is 0 Å². The Morgan fingerprint density at radius 1 is 0.881 bits per heavy atom. The molecule has 0 saturated heterocycles. The lowest BCUT2D eigenvalue weighted by Gasteiger charge is -2.33. The average Bonchev–Trinajstić information content (AvgIpc) is 2.98. The second-order valence-corrected chi connectivity index (χ2v) is 13.6. The van der Waals surface area contributed by atoms with E-state index in [4.69, 9.17) is 46.4 Å². The first-order valence-corrected chi connectivity index (χ1v) is 16.5. The molecule has 2 amide bonds. The highest BCUT2D eigenvalue weighted by Crippen LogP contribution is 2.35. The summed E-state index contributed by atoms with van der Waals surface area (Å²) in [5.41, 5.74) is 0.656. The van der Waals surface area contributed by atoms with Crippen LogP contribution in [0.3, 0.4) is 0 Å². The van der Waals surface area contributed by atoms with Gasteiger partial charge in [-0.05, 0) is 61.7 Å². The molecule has 0 aromatic heterocycles. The molecule has 224 valence electrons. The van der Waals surface area contributed by atoms with E-state index in [0.717, 1.165) is 36.4 Å². The Morgan fingerprint density at radius 2 is 1.57 bits per heavy atom. The Bertz CT molecular complexity index is 1530. The molecule has 3 aromatic rings. The number of sulfonamides is 1. The molecule has 0 radical (unpaired) electrons. The molecular weight excluding hydrogens is 640 g/mol. The first-order valence-electron chi connectivity index (χ1n) is 13.5. The van der Waals surface area contributed by atoms with Gasteiger partial charge in [0.25, 0.3) is 10.0 Å². The molecular formula is C30H31Cl4N3O4S. The van der Waals surface area contributed by atoms with Crippen LogP contribution in [0.2, 0.25) is 20.1 Å². The van der Waals surface area contributed by atoms with Gasteiger partial charge in [0.1, 0.15) is 12.6 Å². The molecule has 0 aliphatic heterocycles. The highest BCUT2D eigenvalue weighted by molar-refractivity contribution is 7.92. The number of rotatable bonds is 10. The van der Waals surface area contributed by atoms with Gasteiger partial charge in [-0.3, -0.25) is 13.9 Å². The van der Waals surface area contributed by atoms with Gasteiger partial charge in [0, 0.05) is 12.6 Å². The molecule has 1 atom stereocenters. The van der Waals surface area contributed by atoms with Gasteiger partial charge in [-0.15, -0.1) is 0 Å². The Balaban J connectivity index is 1.71. The molecule has 1 unspecified atom stereocenters. The van der Waals surface area contributed by atoms with Crippen molar-refractivity contribution < 1.29 is 18.0 Å². The van der Waals surface area contributed by atoms with E-state index in [1.165, 1.54) is 29.2 Å². The second-order valence-electron chi connectivity index (χ2n) is 10.2. The number of carbonyl (C=O) groups is 2. The quantitative estimate of drug-likeness (QED) is 0.244. The molecule has 1 N–H and O–H groups in total. The maximum Gasteiger partial charge on any atom is 0.264 e. The van der Waals surface area contributed by atoms with Gasteiger partial charge < -0.3 is 10.2 Å². The summed E-state index contributed by atoms with van der Waals surface area (Å²) < 4.78 is 28.7. The van der Waals surface area contributed by atoms with E-state index in [2.05, 4.69) is 5.32 Å². The Morgan fingerprint density at radius 3 is 2.24 bits per heavy atom. The number of benzene rings is 3. The average molecular weight is 671 g/mol. The van der Waals surface area contributed by atoms with Crippen molar-refractivity contribution in [2.45, 2.75) is 62.6 Å². The van der Waals surface area contributed by atoms with Crippen LogP contribution in [0.25, 0.3) is 0 Å². The van der Waals surface area contributed by atoms with Crippen molar-refractivity contribution in [3.63, 3.8) is 0 Å². The Labute approximate surface area is 266 Å². The van der Waals surface area contributed by atoms with Gasteiger partial charge in [0.2, 0.25) is 11.8 Å². The lowest BCUT2D eigenvalue weighted by molar-refractivity contribution is -0.139. The lowest BCUT2D eigenvalue weighted by atomic mass is 9.95. The molecule has 7 nitrogen and oxygen atoms in total. The molecule has 4 rings (SSSR count). The molecule has 1 aliphatic carbocycles. The van der Waals surface area contributed by atoms with Crippen molar-refractivity contribution >= 4 is 73.9 Å². The first kappa shape index (κ1) is 32.4. The zero-order chi connectivity index (χ0) is 30.4. The van der Waals surface area contributed by atoms with Crippen molar-refractivity contribution in [2.24, 2.45) is 0 Å². The summed E-state index contributed by atoms with van der Waals surface area (Å²) in [5.74, 6) is -0.948. The molecule has 0 heterocycles. The third-order valence-electron chi connectivity index (χ3n) is 7.27. The van der Waals surface area contributed by atoms with Gasteiger partial charge >= 0.3 is 0 Å². The van der Waals surface area contributed by atoms with E-state index in [0.29, 0.717) is 15.6 Å². The van der Waals surface area contributed by atoms with Crippen molar-refractivity contribution in [1.29, 1.82) is 0 Å². The Hall–Kier alpha value is -2.49. The van der Waals surface area contributed by atoms with Crippen LogP contribution in [0.4, 0.5) is 5.69 Å². The fourth-order valence-corrected chi connectivity index (χ4v) is 7.12. The van der Waals surface area contributed by atoms with Crippen LogP contribution >= 0.6 is 46.4 Å². The minimum atomic E-state index is -4.27. The van der Waals surface area contributed by atoms with Crippen LogP contribution in [-0.2, 0) is 26.2 Å². The summed E-state index contributed by atoms with van der Waals surface area (Å²) in [7, 11) is -4.27. The van der Waals surface area contributed by atoms with Crippen molar-refractivity contribution in [2.75, 3.05) is 10.8 Å². The van der Waals surface area contributed by atoms with Crippen LogP contribution in [0.5, 0.6) is 0 Å². The topological polar surface area (TPSA) is 86.8 Å². The Kier molecular flexibility index (Phi) is 11.1. The third-order valence-corrected chi connectivity index (χ3v) is 10.6. The molecule has 12 heteroatoms. The lowest BCUT2D eigenvalue weighted by Crippen LogP contribution is -2.53. The summed E-state index contributed by atoms with van der Waals surface area (Å²) in [6, 6.07) is 16.3. The van der Waals surface area contributed by atoms with Crippen molar-refractivity contribution in [3.05, 3.63) is 92.4 Å². The molecule has 0 spiro atoms. The van der Waals surface area contributed by atoms with Crippen molar-refractivity contribution in [1.82, 2.24) is 10.2 Å². The monoisotopic (exact) mass is 669 g/mol. The summed E-state index contributed by atoms with van der Waals surface area (Å²) >= 11 is 25.1. The fourth-order valence-electron chi connectivity index (χ4n) is 4.90.